The smallest absolute Gasteiger partial charge is 0.0698 e. The van der Waals surface area contributed by atoms with Crippen molar-refractivity contribution in [1.82, 2.24) is 4.90 Å². The van der Waals surface area contributed by atoms with Crippen molar-refractivity contribution < 1.29 is 5.11 Å². The first-order chi connectivity index (χ1) is 17.7. The molecule has 4 fully saturated rings. The standard InChI is InChI=1S/C35H65NO/c1-8-10-21-36(22-11-9-2)32-24-35(7)27(23-33(32)37)15-16-28-30-18-17-29(26(5)14-12-13-25(3)4)34(30,6)20-19-31(28)35/h25-33,37H,8-24H2,1-7H3. The molecular weight excluding hydrogens is 450 g/mol. The predicted octanol–water partition coefficient (Wildman–Crippen LogP) is 9.35. The second kappa shape index (κ2) is 12.6. The SMILES string of the molecule is CCCCN(CCCC)C1CC2(C)C(CCC3C2CCC2(C)C(C(C)CCCC(C)C)CCC32)CC1O. The van der Waals surface area contributed by atoms with Gasteiger partial charge in [-0.2, -0.15) is 0 Å². The molecule has 0 heterocycles. The number of hydrogen-bond acceptors (Lipinski definition) is 2. The number of aliphatic hydroxyl groups is 1. The van der Waals surface area contributed by atoms with Crippen LogP contribution in [0.5, 0.6) is 0 Å². The van der Waals surface area contributed by atoms with E-state index in [9.17, 15) is 5.11 Å². The first-order valence-electron chi connectivity index (χ1n) is 17.1. The largest absolute Gasteiger partial charge is 0.391 e. The Morgan fingerprint density at radius 1 is 0.811 bits per heavy atom. The fourth-order valence-corrected chi connectivity index (χ4v) is 10.8. The third kappa shape index (κ3) is 6.01. The topological polar surface area (TPSA) is 23.5 Å². The maximum Gasteiger partial charge on any atom is 0.0698 e. The van der Waals surface area contributed by atoms with Crippen LogP contribution in [-0.2, 0) is 0 Å². The molecule has 4 aliphatic rings. The van der Waals surface area contributed by atoms with Gasteiger partial charge in [0.2, 0.25) is 0 Å². The molecule has 0 aromatic heterocycles. The quantitative estimate of drug-likeness (QED) is 0.280. The van der Waals surface area contributed by atoms with Gasteiger partial charge in [-0.15, -0.1) is 0 Å². The summed E-state index contributed by atoms with van der Waals surface area (Å²) in [4.78, 5) is 2.74. The summed E-state index contributed by atoms with van der Waals surface area (Å²) >= 11 is 0. The molecule has 2 nitrogen and oxygen atoms in total. The predicted molar refractivity (Wildman–Crippen MR) is 160 cm³/mol. The summed E-state index contributed by atoms with van der Waals surface area (Å²) in [5.41, 5.74) is 1.02. The van der Waals surface area contributed by atoms with Gasteiger partial charge in [0.05, 0.1) is 6.10 Å². The Bertz CT molecular complexity index is 697. The van der Waals surface area contributed by atoms with Crippen molar-refractivity contribution in [1.29, 1.82) is 0 Å². The maximum atomic E-state index is 11.4. The molecule has 4 rings (SSSR count). The molecule has 10 atom stereocenters. The summed E-state index contributed by atoms with van der Waals surface area (Å²) in [5.74, 6) is 6.26. The molecular formula is C35H65NO. The molecule has 216 valence electrons. The van der Waals surface area contributed by atoms with Crippen molar-refractivity contribution in [2.24, 2.45) is 52.3 Å². The second-order valence-electron chi connectivity index (χ2n) is 15.5. The van der Waals surface area contributed by atoms with Gasteiger partial charge >= 0.3 is 0 Å². The normalized spacial score (nSPS) is 42.5. The lowest BCUT2D eigenvalue weighted by atomic mass is 9.44. The van der Waals surface area contributed by atoms with Crippen LogP contribution in [0.25, 0.3) is 0 Å². The fraction of sp³-hybridized carbons (Fsp3) is 1.00. The molecule has 0 saturated heterocycles. The van der Waals surface area contributed by atoms with Crippen LogP contribution in [0.3, 0.4) is 0 Å². The van der Waals surface area contributed by atoms with E-state index < -0.39 is 0 Å². The Morgan fingerprint density at radius 2 is 1.49 bits per heavy atom. The van der Waals surface area contributed by atoms with Crippen molar-refractivity contribution in [3.05, 3.63) is 0 Å². The van der Waals surface area contributed by atoms with Gasteiger partial charge in [0.15, 0.2) is 0 Å². The monoisotopic (exact) mass is 516 g/mol. The summed E-state index contributed by atoms with van der Waals surface area (Å²) in [6, 6.07) is 0.392. The minimum atomic E-state index is -0.111. The lowest BCUT2D eigenvalue weighted by molar-refractivity contribution is -0.150. The highest BCUT2D eigenvalue weighted by Crippen LogP contribution is 2.68. The van der Waals surface area contributed by atoms with Gasteiger partial charge in [-0.25, -0.2) is 0 Å². The lowest BCUT2D eigenvalue weighted by Gasteiger charge is -2.63. The zero-order valence-corrected chi connectivity index (χ0v) is 26.1. The zero-order valence-electron chi connectivity index (χ0n) is 26.1. The molecule has 4 saturated carbocycles. The summed E-state index contributed by atoms with van der Waals surface area (Å²) < 4.78 is 0. The minimum absolute atomic E-state index is 0.111. The Kier molecular flexibility index (Phi) is 10.2. The van der Waals surface area contributed by atoms with Crippen LogP contribution in [0.2, 0.25) is 0 Å². The van der Waals surface area contributed by atoms with Crippen LogP contribution in [0.1, 0.15) is 145 Å². The lowest BCUT2D eigenvalue weighted by Crippen LogP contribution is -2.60. The van der Waals surface area contributed by atoms with E-state index >= 15 is 0 Å². The summed E-state index contributed by atoms with van der Waals surface area (Å²) in [6.07, 6.45) is 20.3. The van der Waals surface area contributed by atoms with E-state index in [1.165, 1.54) is 103 Å². The summed E-state index contributed by atoms with van der Waals surface area (Å²) in [5, 5.41) is 11.4. The molecule has 0 spiro atoms. The molecule has 2 heteroatoms. The van der Waals surface area contributed by atoms with E-state index in [1.807, 2.05) is 0 Å². The fourth-order valence-electron chi connectivity index (χ4n) is 10.8. The summed E-state index contributed by atoms with van der Waals surface area (Å²) in [7, 11) is 0. The van der Waals surface area contributed by atoms with Crippen molar-refractivity contribution in [3.8, 4) is 0 Å². The number of hydrogen-bond donors (Lipinski definition) is 1. The number of aliphatic hydroxyl groups excluding tert-OH is 1. The maximum absolute atomic E-state index is 11.4. The van der Waals surface area contributed by atoms with E-state index in [2.05, 4.69) is 53.4 Å². The van der Waals surface area contributed by atoms with Crippen LogP contribution < -0.4 is 0 Å². The van der Waals surface area contributed by atoms with Crippen molar-refractivity contribution in [2.75, 3.05) is 13.1 Å². The highest BCUT2D eigenvalue weighted by atomic mass is 16.3. The molecule has 37 heavy (non-hydrogen) atoms. The highest BCUT2D eigenvalue weighted by molar-refractivity contribution is 5.11. The van der Waals surface area contributed by atoms with Crippen LogP contribution in [-0.4, -0.2) is 35.2 Å². The molecule has 0 aliphatic heterocycles. The van der Waals surface area contributed by atoms with Gasteiger partial charge in [0, 0.05) is 6.04 Å². The number of fused-ring (bicyclic) bond motifs is 5. The van der Waals surface area contributed by atoms with Crippen molar-refractivity contribution >= 4 is 0 Å². The van der Waals surface area contributed by atoms with Crippen molar-refractivity contribution in [3.63, 3.8) is 0 Å². The van der Waals surface area contributed by atoms with E-state index in [0.29, 0.717) is 16.9 Å². The highest BCUT2D eigenvalue weighted by Gasteiger charge is 2.61. The molecule has 0 aromatic rings. The average Bonchev–Trinajstić information content (AvgIpc) is 3.21. The average molecular weight is 516 g/mol. The van der Waals surface area contributed by atoms with Gasteiger partial charge in [0.1, 0.15) is 0 Å². The Hall–Kier alpha value is -0.0800. The van der Waals surface area contributed by atoms with Crippen molar-refractivity contribution in [2.45, 2.75) is 157 Å². The third-order valence-corrected chi connectivity index (χ3v) is 13.0. The second-order valence-corrected chi connectivity index (χ2v) is 15.5. The van der Waals surface area contributed by atoms with E-state index in [4.69, 9.17) is 0 Å². The Morgan fingerprint density at radius 3 is 2.14 bits per heavy atom. The molecule has 0 amide bonds. The van der Waals surface area contributed by atoms with Gasteiger partial charge in [-0.1, -0.05) is 80.6 Å². The van der Waals surface area contributed by atoms with Gasteiger partial charge in [-0.3, -0.25) is 4.90 Å². The Labute approximate surface area is 232 Å². The Balaban J connectivity index is 1.48. The molecule has 10 unspecified atom stereocenters. The first-order valence-corrected chi connectivity index (χ1v) is 17.1. The number of nitrogens with zero attached hydrogens (tertiary/aromatic N) is 1. The number of rotatable bonds is 12. The summed E-state index contributed by atoms with van der Waals surface area (Å²) in [6.45, 7) is 19.8. The molecule has 1 N–H and O–H groups in total. The van der Waals surface area contributed by atoms with Crippen LogP contribution in [0.15, 0.2) is 0 Å². The molecule has 0 bridgehead atoms. The number of unbranched alkanes of at least 4 members (excludes halogenated alkanes) is 2. The van der Waals surface area contributed by atoms with Gasteiger partial charge in [0.25, 0.3) is 0 Å². The van der Waals surface area contributed by atoms with Gasteiger partial charge < -0.3 is 5.11 Å². The molecule has 4 aliphatic carbocycles. The van der Waals surface area contributed by atoms with Gasteiger partial charge in [-0.05, 0) is 130 Å². The third-order valence-electron chi connectivity index (χ3n) is 13.0. The van der Waals surface area contributed by atoms with Crippen LogP contribution >= 0.6 is 0 Å². The first kappa shape index (κ1) is 29.9. The van der Waals surface area contributed by atoms with E-state index in [-0.39, 0.29) is 6.10 Å². The zero-order chi connectivity index (χ0) is 26.8. The van der Waals surface area contributed by atoms with Crippen LogP contribution in [0, 0.1) is 52.3 Å². The van der Waals surface area contributed by atoms with E-state index in [0.717, 1.165) is 47.8 Å². The molecule has 0 aromatic carbocycles. The molecule has 0 radical (unpaired) electrons. The minimum Gasteiger partial charge on any atom is -0.391 e. The van der Waals surface area contributed by atoms with E-state index in [1.54, 1.807) is 0 Å². The van der Waals surface area contributed by atoms with Crippen LogP contribution in [0.4, 0.5) is 0 Å².